The molecule has 1 unspecified atom stereocenters. The Balaban J connectivity index is 2.07. The van der Waals surface area contributed by atoms with E-state index in [1.807, 2.05) is 24.6 Å². The van der Waals surface area contributed by atoms with Crippen molar-refractivity contribution < 1.29 is 14.2 Å². The Bertz CT molecular complexity index is 704. The molecular weight excluding hydrogens is 294 g/mol. The highest BCUT2D eigenvalue weighted by molar-refractivity contribution is 6.19. The van der Waals surface area contributed by atoms with Crippen molar-refractivity contribution in [3.63, 3.8) is 0 Å². The van der Waals surface area contributed by atoms with Crippen LogP contribution in [0.25, 0.3) is 0 Å². The van der Waals surface area contributed by atoms with E-state index in [1.54, 1.807) is 7.05 Å². The topological polar surface area (TPSA) is 61.8 Å². The van der Waals surface area contributed by atoms with Crippen LogP contribution in [0.4, 0.5) is 10.7 Å². The average Bonchev–Trinajstić information content (AvgIpc) is 2.98. The van der Waals surface area contributed by atoms with Gasteiger partial charge in [-0.05, 0) is 19.3 Å². The van der Waals surface area contributed by atoms with E-state index in [0.29, 0.717) is 18.3 Å². The third-order valence-corrected chi connectivity index (χ3v) is 4.32. The summed E-state index contributed by atoms with van der Waals surface area (Å²) >= 11 is 0. The maximum absolute atomic E-state index is 12.8. The highest BCUT2D eigenvalue weighted by atomic mass is 16.2. The van der Waals surface area contributed by atoms with Gasteiger partial charge in [-0.15, -0.1) is 0 Å². The summed E-state index contributed by atoms with van der Waals surface area (Å²) in [5.74, 6) is 1.57. The van der Waals surface area contributed by atoms with Crippen LogP contribution < -0.4 is 4.57 Å². The second-order valence-electron chi connectivity index (χ2n) is 6.69. The van der Waals surface area contributed by atoms with Crippen LogP contribution in [0.5, 0.6) is 0 Å². The molecule has 0 saturated carbocycles. The van der Waals surface area contributed by atoms with Crippen molar-refractivity contribution in [2.75, 3.05) is 13.6 Å². The number of carbonyl (C=O) groups is 2. The lowest BCUT2D eigenvalue weighted by atomic mass is 10.1. The van der Waals surface area contributed by atoms with Crippen molar-refractivity contribution in [3.8, 4) is 0 Å². The molecule has 0 aromatic carbocycles. The number of imide groups is 1. The van der Waals surface area contributed by atoms with Crippen LogP contribution in [-0.2, 0) is 11.3 Å². The van der Waals surface area contributed by atoms with E-state index >= 15 is 0 Å². The Morgan fingerprint density at radius 2 is 2.04 bits per heavy atom. The Labute approximate surface area is 136 Å². The lowest BCUT2D eigenvalue weighted by molar-refractivity contribution is -0.677. The molecule has 1 fully saturated rings. The van der Waals surface area contributed by atoms with Crippen molar-refractivity contribution in [1.29, 1.82) is 0 Å². The molecule has 3 amide bonds. The second kappa shape index (κ2) is 5.47. The van der Waals surface area contributed by atoms with E-state index in [-0.39, 0.29) is 11.9 Å². The van der Waals surface area contributed by atoms with Crippen LogP contribution in [0.2, 0.25) is 0 Å². The van der Waals surface area contributed by atoms with Crippen molar-refractivity contribution >= 4 is 23.7 Å². The highest BCUT2D eigenvalue weighted by Crippen LogP contribution is 2.29. The summed E-state index contributed by atoms with van der Waals surface area (Å²) in [7, 11) is 1.69. The number of nitrogens with zero attached hydrogens (tertiary/aromatic N) is 5. The molecule has 7 nitrogen and oxygen atoms in total. The first-order chi connectivity index (χ1) is 10.9. The van der Waals surface area contributed by atoms with Crippen molar-refractivity contribution in [2.24, 2.45) is 10.9 Å². The third kappa shape index (κ3) is 2.26. The molecule has 0 bridgehead atoms. The monoisotopic (exact) mass is 318 g/mol. The van der Waals surface area contributed by atoms with Crippen molar-refractivity contribution in [1.82, 2.24) is 14.4 Å². The van der Waals surface area contributed by atoms with Crippen LogP contribution in [0.15, 0.2) is 11.2 Å². The first-order valence-corrected chi connectivity index (χ1v) is 8.15. The Kier molecular flexibility index (Phi) is 3.74. The maximum Gasteiger partial charge on any atom is 0.401 e. The Hall–Kier alpha value is -2.18. The standard InChI is InChI=1S/C16H24N5O2/c1-6-7-19-14(22)12-13(18(5)16(19)23)17-15-20(8-10(2)3)11(4)9-21(12)15/h9-10,12H,6-8H2,1-5H3/q+1. The predicted molar refractivity (Wildman–Crippen MR) is 85.5 cm³/mol. The minimum absolute atomic E-state index is 0.181. The minimum Gasteiger partial charge on any atom is -0.270 e. The van der Waals surface area contributed by atoms with E-state index in [4.69, 9.17) is 0 Å². The molecule has 3 heterocycles. The first-order valence-electron chi connectivity index (χ1n) is 8.15. The fourth-order valence-electron chi connectivity index (χ4n) is 3.25. The van der Waals surface area contributed by atoms with Crippen LogP contribution in [0.3, 0.4) is 0 Å². The molecule has 1 aromatic rings. The van der Waals surface area contributed by atoms with Gasteiger partial charge in [0.1, 0.15) is 11.9 Å². The number of aryl methyl sites for hydroxylation is 1. The first kappa shape index (κ1) is 15.7. The minimum atomic E-state index is -0.522. The van der Waals surface area contributed by atoms with E-state index in [9.17, 15) is 9.59 Å². The van der Waals surface area contributed by atoms with Crippen molar-refractivity contribution in [3.05, 3.63) is 11.9 Å². The molecule has 124 valence electrons. The summed E-state index contributed by atoms with van der Waals surface area (Å²) in [6.07, 6.45) is 2.71. The predicted octanol–water partition coefficient (Wildman–Crippen LogP) is 1.63. The lowest BCUT2D eigenvalue weighted by Gasteiger charge is -2.32. The maximum atomic E-state index is 12.8. The number of hydrogen-bond acceptors (Lipinski definition) is 3. The SMILES string of the molecule is CCCN1C(=O)C2C(=Nc3n(CC(C)C)c(C)c[n+]32)N(C)C1=O. The van der Waals surface area contributed by atoms with Gasteiger partial charge in [0, 0.05) is 13.6 Å². The van der Waals surface area contributed by atoms with Gasteiger partial charge in [-0.25, -0.2) is 13.9 Å². The molecule has 0 spiro atoms. The van der Waals surface area contributed by atoms with Gasteiger partial charge >= 0.3 is 12.0 Å². The van der Waals surface area contributed by atoms with Gasteiger partial charge < -0.3 is 0 Å². The lowest BCUT2D eigenvalue weighted by Crippen LogP contribution is -2.62. The zero-order valence-corrected chi connectivity index (χ0v) is 14.4. The molecule has 0 radical (unpaired) electrons. The summed E-state index contributed by atoms with van der Waals surface area (Å²) in [6, 6.07) is -0.809. The molecule has 7 heteroatoms. The van der Waals surface area contributed by atoms with Crippen LogP contribution >= 0.6 is 0 Å². The van der Waals surface area contributed by atoms with Gasteiger partial charge in [-0.2, -0.15) is 0 Å². The highest BCUT2D eigenvalue weighted by Gasteiger charge is 2.52. The Morgan fingerprint density at radius 1 is 1.35 bits per heavy atom. The molecule has 1 atom stereocenters. The summed E-state index contributed by atoms with van der Waals surface area (Å²) in [6.45, 7) is 9.55. The molecule has 1 saturated heterocycles. The molecule has 2 aliphatic heterocycles. The van der Waals surface area contributed by atoms with Crippen LogP contribution in [0.1, 0.15) is 38.9 Å². The smallest absolute Gasteiger partial charge is 0.270 e. The summed E-state index contributed by atoms with van der Waals surface area (Å²) in [4.78, 5) is 32.7. The summed E-state index contributed by atoms with van der Waals surface area (Å²) in [5.41, 5.74) is 1.07. The number of aromatic nitrogens is 2. The number of rotatable bonds is 4. The van der Waals surface area contributed by atoms with Gasteiger partial charge in [0.2, 0.25) is 11.9 Å². The molecule has 1 aromatic heterocycles. The van der Waals surface area contributed by atoms with Crippen LogP contribution in [0, 0.1) is 12.8 Å². The zero-order chi connectivity index (χ0) is 16.9. The fourth-order valence-corrected chi connectivity index (χ4v) is 3.25. The number of hydrogen-bond donors (Lipinski definition) is 0. The fraction of sp³-hybridized carbons (Fsp3) is 0.625. The molecule has 3 rings (SSSR count). The number of imidazole rings is 1. The van der Waals surface area contributed by atoms with E-state index in [0.717, 1.165) is 24.6 Å². The number of carbonyl (C=O) groups excluding carboxylic acids is 2. The summed E-state index contributed by atoms with van der Waals surface area (Å²) in [5, 5.41) is 0. The van der Waals surface area contributed by atoms with E-state index in [2.05, 4.69) is 23.4 Å². The Morgan fingerprint density at radius 3 is 2.65 bits per heavy atom. The van der Waals surface area contributed by atoms with Gasteiger partial charge in [0.05, 0.1) is 6.54 Å². The molecular formula is C16H24N5O2+. The van der Waals surface area contributed by atoms with Gasteiger partial charge in [0.25, 0.3) is 5.91 Å². The normalized spacial score (nSPS) is 20.3. The quantitative estimate of drug-likeness (QED) is 0.792. The summed E-state index contributed by atoms with van der Waals surface area (Å²) < 4.78 is 4.02. The average molecular weight is 318 g/mol. The largest absolute Gasteiger partial charge is 0.401 e. The van der Waals surface area contributed by atoms with Gasteiger partial charge in [-0.1, -0.05) is 25.8 Å². The number of amides is 3. The molecule has 0 aliphatic carbocycles. The molecule has 0 N–H and O–H groups in total. The van der Waals surface area contributed by atoms with E-state index < -0.39 is 6.04 Å². The number of likely N-dealkylation sites (N-methyl/N-ethyl adjacent to an activating group) is 1. The second-order valence-corrected chi connectivity index (χ2v) is 6.69. The number of fused-ring (bicyclic) bond motifs is 3. The number of aliphatic imine (C=N–C) groups is 1. The van der Waals surface area contributed by atoms with Crippen molar-refractivity contribution in [2.45, 2.75) is 46.7 Å². The van der Waals surface area contributed by atoms with Crippen LogP contribution in [-0.4, -0.2) is 45.7 Å². The molecule has 2 aliphatic rings. The van der Waals surface area contributed by atoms with Gasteiger partial charge in [-0.3, -0.25) is 14.6 Å². The number of urea groups is 1. The zero-order valence-electron chi connectivity index (χ0n) is 14.4. The number of amidine groups is 1. The van der Waals surface area contributed by atoms with E-state index in [1.165, 1.54) is 9.80 Å². The van der Waals surface area contributed by atoms with Gasteiger partial charge in [0.15, 0.2) is 0 Å². The third-order valence-electron chi connectivity index (χ3n) is 4.32. The molecule has 23 heavy (non-hydrogen) atoms.